The molecular weight excluding hydrogens is 280 g/mol. The fourth-order valence-electron chi connectivity index (χ4n) is 2.76. The molecule has 2 aromatic heterocycles. The Morgan fingerprint density at radius 1 is 1.43 bits per heavy atom. The van der Waals surface area contributed by atoms with Gasteiger partial charge in [0.1, 0.15) is 0 Å². The first-order valence-corrected chi connectivity index (χ1v) is 8.45. The van der Waals surface area contributed by atoms with Crippen LogP contribution in [0.3, 0.4) is 0 Å². The van der Waals surface area contributed by atoms with E-state index in [2.05, 4.69) is 34.3 Å². The first-order chi connectivity index (χ1) is 10.3. The van der Waals surface area contributed by atoms with Crippen molar-refractivity contribution in [3.05, 3.63) is 52.0 Å². The molecule has 0 aromatic carbocycles. The van der Waals surface area contributed by atoms with Gasteiger partial charge >= 0.3 is 0 Å². The predicted molar refractivity (Wildman–Crippen MR) is 86.4 cm³/mol. The lowest BCUT2D eigenvalue weighted by Gasteiger charge is -2.32. The highest BCUT2D eigenvalue weighted by molar-refractivity contribution is 7.10. The molecule has 0 unspecified atom stereocenters. The minimum atomic E-state index is 0.347. The summed E-state index contributed by atoms with van der Waals surface area (Å²) in [5.74, 6) is 0. The van der Waals surface area contributed by atoms with Gasteiger partial charge in [0.05, 0.1) is 12.7 Å². The van der Waals surface area contributed by atoms with Gasteiger partial charge in [-0.05, 0) is 54.9 Å². The highest BCUT2D eigenvalue weighted by Crippen LogP contribution is 2.21. The molecule has 1 aliphatic rings. The van der Waals surface area contributed by atoms with E-state index >= 15 is 0 Å². The normalized spacial score (nSPS) is 19.8. The van der Waals surface area contributed by atoms with Gasteiger partial charge in [-0.2, -0.15) is 0 Å². The minimum absolute atomic E-state index is 0.347. The number of rotatable bonds is 5. The number of piperidine rings is 1. The summed E-state index contributed by atoms with van der Waals surface area (Å²) in [6.07, 6.45) is 6.42. The molecule has 1 fully saturated rings. The van der Waals surface area contributed by atoms with E-state index in [1.165, 1.54) is 29.8 Å². The molecular formula is C17H22N2OS. The fourth-order valence-corrected chi connectivity index (χ4v) is 3.71. The van der Waals surface area contributed by atoms with Gasteiger partial charge < -0.3 is 4.74 Å². The number of ether oxygens (including phenoxy) is 1. The lowest BCUT2D eigenvalue weighted by molar-refractivity contribution is -0.0119. The Morgan fingerprint density at radius 2 is 2.38 bits per heavy atom. The third-order valence-corrected chi connectivity index (χ3v) is 5.01. The van der Waals surface area contributed by atoms with Crippen LogP contribution in [-0.2, 0) is 17.9 Å². The van der Waals surface area contributed by atoms with E-state index in [0.29, 0.717) is 12.7 Å². The molecule has 0 saturated carbocycles. The van der Waals surface area contributed by atoms with Crippen LogP contribution in [0.5, 0.6) is 0 Å². The number of nitrogens with zero attached hydrogens (tertiary/aromatic N) is 2. The van der Waals surface area contributed by atoms with Crippen LogP contribution in [0, 0.1) is 6.92 Å². The number of hydrogen-bond acceptors (Lipinski definition) is 4. The first-order valence-electron chi connectivity index (χ1n) is 7.57. The summed E-state index contributed by atoms with van der Waals surface area (Å²) in [6, 6.07) is 6.24. The van der Waals surface area contributed by atoms with E-state index in [1.807, 2.05) is 23.6 Å². The summed E-state index contributed by atoms with van der Waals surface area (Å²) in [5.41, 5.74) is 2.57. The Kier molecular flexibility index (Phi) is 5.01. The Bertz CT molecular complexity index is 555. The molecule has 0 radical (unpaired) electrons. The molecule has 3 heterocycles. The van der Waals surface area contributed by atoms with Crippen LogP contribution < -0.4 is 0 Å². The van der Waals surface area contributed by atoms with Crippen molar-refractivity contribution in [2.75, 3.05) is 13.1 Å². The summed E-state index contributed by atoms with van der Waals surface area (Å²) < 4.78 is 6.07. The summed E-state index contributed by atoms with van der Waals surface area (Å²) in [7, 11) is 0. The maximum Gasteiger partial charge on any atom is 0.0736 e. The second kappa shape index (κ2) is 7.16. The minimum Gasteiger partial charge on any atom is -0.372 e. The first kappa shape index (κ1) is 14.7. The molecule has 1 aliphatic heterocycles. The van der Waals surface area contributed by atoms with Crippen molar-refractivity contribution in [1.82, 2.24) is 9.88 Å². The molecule has 21 heavy (non-hydrogen) atoms. The van der Waals surface area contributed by atoms with Crippen molar-refractivity contribution < 1.29 is 4.74 Å². The largest absolute Gasteiger partial charge is 0.372 e. The molecule has 0 N–H and O–H groups in total. The average Bonchev–Trinajstić information content (AvgIpc) is 2.92. The van der Waals surface area contributed by atoms with E-state index in [1.54, 1.807) is 6.20 Å². The Balaban J connectivity index is 1.50. The molecule has 1 atom stereocenters. The van der Waals surface area contributed by atoms with Crippen LogP contribution in [0.25, 0.3) is 0 Å². The number of aromatic nitrogens is 1. The molecule has 0 spiro atoms. The predicted octanol–water partition coefficient (Wildman–Crippen LogP) is 3.63. The van der Waals surface area contributed by atoms with Gasteiger partial charge in [-0.1, -0.05) is 6.07 Å². The summed E-state index contributed by atoms with van der Waals surface area (Å²) in [6.45, 7) is 6.16. The van der Waals surface area contributed by atoms with E-state index in [0.717, 1.165) is 18.7 Å². The van der Waals surface area contributed by atoms with Crippen molar-refractivity contribution in [3.63, 3.8) is 0 Å². The quantitative estimate of drug-likeness (QED) is 0.843. The van der Waals surface area contributed by atoms with Gasteiger partial charge in [-0.15, -0.1) is 11.3 Å². The van der Waals surface area contributed by atoms with Crippen molar-refractivity contribution >= 4 is 11.3 Å². The van der Waals surface area contributed by atoms with Crippen LogP contribution in [0.1, 0.15) is 28.8 Å². The molecule has 3 rings (SSSR count). The topological polar surface area (TPSA) is 25.4 Å². The molecule has 4 heteroatoms. The Morgan fingerprint density at radius 3 is 3.14 bits per heavy atom. The van der Waals surface area contributed by atoms with Gasteiger partial charge in [-0.3, -0.25) is 9.88 Å². The number of aryl methyl sites for hydroxylation is 1. The number of pyridine rings is 1. The SMILES string of the molecule is Cc1ccsc1CN1CCC[C@@H](OCc2cccnc2)C1. The third kappa shape index (κ3) is 4.13. The Labute approximate surface area is 130 Å². The molecule has 0 amide bonds. The Hall–Kier alpha value is -1.23. The smallest absolute Gasteiger partial charge is 0.0736 e. The number of hydrogen-bond donors (Lipinski definition) is 0. The van der Waals surface area contributed by atoms with Gasteiger partial charge in [0, 0.05) is 30.4 Å². The van der Waals surface area contributed by atoms with Gasteiger partial charge in [0.25, 0.3) is 0 Å². The van der Waals surface area contributed by atoms with Crippen LogP contribution in [0.2, 0.25) is 0 Å². The van der Waals surface area contributed by atoms with Gasteiger partial charge in [-0.25, -0.2) is 0 Å². The monoisotopic (exact) mass is 302 g/mol. The number of likely N-dealkylation sites (tertiary alicyclic amines) is 1. The second-order valence-electron chi connectivity index (χ2n) is 5.70. The van der Waals surface area contributed by atoms with Crippen molar-refractivity contribution in [3.8, 4) is 0 Å². The fraction of sp³-hybridized carbons (Fsp3) is 0.471. The van der Waals surface area contributed by atoms with Crippen molar-refractivity contribution in [2.45, 2.75) is 39.0 Å². The van der Waals surface area contributed by atoms with E-state index in [9.17, 15) is 0 Å². The maximum atomic E-state index is 6.07. The van der Waals surface area contributed by atoms with E-state index in [4.69, 9.17) is 4.74 Å². The highest BCUT2D eigenvalue weighted by Gasteiger charge is 2.21. The van der Waals surface area contributed by atoms with Crippen molar-refractivity contribution in [2.24, 2.45) is 0 Å². The number of thiophene rings is 1. The highest BCUT2D eigenvalue weighted by atomic mass is 32.1. The van der Waals surface area contributed by atoms with Gasteiger partial charge in [0.2, 0.25) is 0 Å². The third-order valence-electron chi connectivity index (χ3n) is 4.01. The van der Waals surface area contributed by atoms with Crippen molar-refractivity contribution in [1.29, 1.82) is 0 Å². The van der Waals surface area contributed by atoms with E-state index < -0.39 is 0 Å². The molecule has 1 saturated heterocycles. The van der Waals surface area contributed by atoms with Crippen LogP contribution in [-0.4, -0.2) is 29.1 Å². The molecule has 0 aliphatic carbocycles. The lowest BCUT2D eigenvalue weighted by atomic mass is 10.1. The zero-order chi connectivity index (χ0) is 14.5. The molecule has 3 nitrogen and oxygen atoms in total. The second-order valence-corrected chi connectivity index (χ2v) is 6.70. The van der Waals surface area contributed by atoms with Crippen LogP contribution in [0.4, 0.5) is 0 Å². The zero-order valence-corrected chi connectivity index (χ0v) is 13.3. The summed E-state index contributed by atoms with van der Waals surface area (Å²) in [4.78, 5) is 8.15. The molecule has 2 aromatic rings. The van der Waals surface area contributed by atoms with Gasteiger partial charge in [0.15, 0.2) is 0 Å². The average molecular weight is 302 g/mol. The molecule has 112 valence electrons. The maximum absolute atomic E-state index is 6.07. The van der Waals surface area contributed by atoms with E-state index in [-0.39, 0.29) is 0 Å². The van der Waals surface area contributed by atoms with Crippen LogP contribution in [0.15, 0.2) is 36.0 Å². The lowest BCUT2D eigenvalue weighted by Crippen LogP contribution is -2.39. The standard InChI is InChI=1S/C17H22N2OS/c1-14-6-9-21-17(14)12-19-8-3-5-16(11-19)20-13-15-4-2-7-18-10-15/h2,4,6-7,9-10,16H,3,5,8,11-13H2,1H3/t16-/m1/s1. The van der Waals surface area contributed by atoms with Crippen LogP contribution >= 0.6 is 11.3 Å². The molecule has 0 bridgehead atoms. The zero-order valence-electron chi connectivity index (χ0n) is 12.5. The summed E-state index contributed by atoms with van der Waals surface area (Å²) >= 11 is 1.86. The summed E-state index contributed by atoms with van der Waals surface area (Å²) in [5, 5.41) is 2.19.